The monoisotopic (exact) mass is 306 g/mol. The highest BCUT2D eigenvalue weighted by Crippen LogP contribution is 2.24. The molecule has 0 saturated heterocycles. The Kier molecular flexibility index (Phi) is 5.16. The van der Waals surface area contributed by atoms with Gasteiger partial charge < -0.3 is 4.74 Å². The summed E-state index contributed by atoms with van der Waals surface area (Å²) in [5.41, 5.74) is 1.05. The molecule has 2 aromatic rings. The number of allylic oxidation sites excluding steroid dienone is 1. The van der Waals surface area contributed by atoms with Gasteiger partial charge in [0, 0.05) is 5.56 Å². The molecule has 21 heavy (non-hydrogen) atoms. The number of nitrogens with zero attached hydrogens (tertiary/aromatic N) is 2. The Hall–Kier alpha value is -2.08. The lowest BCUT2D eigenvalue weighted by Gasteiger charge is -2.06. The first-order valence-corrected chi connectivity index (χ1v) is 7.27. The first-order valence-electron chi connectivity index (χ1n) is 6.49. The van der Waals surface area contributed by atoms with Crippen LogP contribution in [0, 0.1) is 11.7 Å². The van der Waals surface area contributed by atoms with Crippen LogP contribution < -0.4 is 0 Å². The van der Waals surface area contributed by atoms with Crippen molar-refractivity contribution in [1.82, 2.24) is 9.59 Å². The van der Waals surface area contributed by atoms with Gasteiger partial charge in [-0.3, -0.25) is 0 Å². The van der Waals surface area contributed by atoms with E-state index in [1.54, 1.807) is 12.1 Å². The Morgan fingerprint density at radius 3 is 2.86 bits per heavy atom. The molecule has 2 rings (SSSR count). The second kappa shape index (κ2) is 7.08. The molecule has 0 amide bonds. The van der Waals surface area contributed by atoms with E-state index in [1.807, 2.05) is 13.0 Å². The number of aromatic nitrogens is 2. The molecule has 110 valence electrons. The minimum Gasteiger partial charge on any atom is -0.461 e. The maximum absolute atomic E-state index is 12.9. The molecule has 0 bridgehead atoms. The molecule has 0 fully saturated rings. The molecule has 0 aliphatic heterocycles. The predicted octanol–water partition coefficient (Wildman–Crippen LogP) is 3.71. The Morgan fingerprint density at radius 2 is 2.19 bits per heavy atom. The summed E-state index contributed by atoms with van der Waals surface area (Å²) in [4.78, 5) is 12.4. The Morgan fingerprint density at radius 1 is 1.48 bits per heavy atom. The minimum atomic E-state index is -0.458. The predicted molar refractivity (Wildman–Crippen MR) is 79.6 cm³/mol. The van der Waals surface area contributed by atoms with Gasteiger partial charge in [0.1, 0.15) is 11.5 Å². The summed E-state index contributed by atoms with van der Waals surface area (Å²) >= 11 is 0.972. The maximum atomic E-state index is 12.9. The van der Waals surface area contributed by atoms with Gasteiger partial charge in [-0.2, -0.15) is 0 Å². The highest BCUT2D eigenvalue weighted by molar-refractivity contribution is 7.08. The minimum absolute atomic E-state index is 0.286. The summed E-state index contributed by atoms with van der Waals surface area (Å²) in [6, 6.07) is 5.75. The smallest absolute Gasteiger partial charge is 0.352 e. The van der Waals surface area contributed by atoms with Crippen LogP contribution in [0.4, 0.5) is 4.39 Å². The van der Waals surface area contributed by atoms with Gasteiger partial charge in [-0.15, -0.1) is 11.7 Å². The van der Waals surface area contributed by atoms with Gasteiger partial charge in [0.25, 0.3) is 0 Å². The highest BCUT2D eigenvalue weighted by Gasteiger charge is 2.19. The van der Waals surface area contributed by atoms with Gasteiger partial charge in [0.15, 0.2) is 4.88 Å². The van der Waals surface area contributed by atoms with Crippen molar-refractivity contribution < 1.29 is 13.9 Å². The van der Waals surface area contributed by atoms with Crippen LogP contribution in [0.5, 0.6) is 0 Å². The second-order valence-electron chi connectivity index (χ2n) is 4.60. The molecule has 1 aromatic heterocycles. The fourth-order valence-electron chi connectivity index (χ4n) is 1.64. The van der Waals surface area contributed by atoms with Crippen LogP contribution in [0.15, 0.2) is 36.9 Å². The molecule has 1 atom stereocenters. The largest absolute Gasteiger partial charge is 0.461 e. The van der Waals surface area contributed by atoms with Crippen molar-refractivity contribution >= 4 is 17.5 Å². The average Bonchev–Trinajstić information content (AvgIpc) is 2.97. The van der Waals surface area contributed by atoms with Crippen molar-refractivity contribution in [1.29, 1.82) is 0 Å². The third-order valence-corrected chi connectivity index (χ3v) is 3.71. The van der Waals surface area contributed by atoms with Crippen molar-refractivity contribution in [3.05, 3.63) is 47.6 Å². The standard InChI is InChI=1S/C15H15FN2O2S/c1-3-10(2)8-9-20-15(19)14-13(17-18-21-14)11-4-6-12(16)7-5-11/h3-7,10H,1,8-9H2,2H3. The first-order chi connectivity index (χ1) is 10.1. The van der Waals surface area contributed by atoms with Gasteiger partial charge in [-0.05, 0) is 48.1 Å². The van der Waals surface area contributed by atoms with E-state index in [2.05, 4.69) is 16.2 Å². The highest BCUT2D eigenvalue weighted by atomic mass is 32.1. The van der Waals surface area contributed by atoms with Crippen LogP contribution in [-0.2, 0) is 4.74 Å². The zero-order chi connectivity index (χ0) is 15.2. The molecule has 0 aliphatic rings. The number of benzene rings is 1. The number of hydrogen-bond acceptors (Lipinski definition) is 5. The van der Waals surface area contributed by atoms with Crippen molar-refractivity contribution in [2.45, 2.75) is 13.3 Å². The summed E-state index contributed by atoms with van der Waals surface area (Å²) in [6.45, 7) is 5.99. The van der Waals surface area contributed by atoms with Crippen LogP contribution in [0.2, 0.25) is 0 Å². The fraction of sp³-hybridized carbons (Fsp3) is 0.267. The molecular formula is C15H15FN2O2S. The first kappa shape index (κ1) is 15.3. The number of carbonyl (C=O) groups excluding carboxylic acids is 1. The fourth-order valence-corrected chi connectivity index (χ4v) is 2.22. The van der Waals surface area contributed by atoms with E-state index in [-0.39, 0.29) is 11.7 Å². The molecule has 1 unspecified atom stereocenters. The molecule has 4 nitrogen and oxygen atoms in total. The Balaban J connectivity index is 2.07. The normalized spacial score (nSPS) is 11.9. The van der Waals surface area contributed by atoms with Crippen LogP contribution in [-0.4, -0.2) is 22.2 Å². The van der Waals surface area contributed by atoms with Gasteiger partial charge in [0.2, 0.25) is 0 Å². The van der Waals surface area contributed by atoms with E-state index in [4.69, 9.17) is 4.74 Å². The van der Waals surface area contributed by atoms with E-state index in [1.165, 1.54) is 12.1 Å². The number of rotatable bonds is 6. The Bertz CT molecular complexity index is 625. The lowest BCUT2D eigenvalue weighted by Crippen LogP contribution is -2.08. The zero-order valence-corrected chi connectivity index (χ0v) is 12.4. The lowest BCUT2D eigenvalue weighted by molar-refractivity contribution is 0.0498. The van der Waals surface area contributed by atoms with Crippen LogP contribution >= 0.6 is 11.5 Å². The number of halogens is 1. The molecule has 0 aliphatic carbocycles. The summed E-state index contributed by atoms with van der Waals surface area (Å²) in [6.07, 6.45) is 2.53. The molecule has 1 heterocycles. The molecule has 0 saturated carbocycles. The lowest BCUT2D eigenvalue weighted by atomic mass is 10.1. The van der Waals surface area contributed by atoms with Crippen molar-refractivity contribution in [3.8, 4) is 11.3 Å². The third kappa shape index (κ3) is 3.95. The summed E-state index contributed by atoms with van der Waals surface area (Å²) < 4.78 is 21.9. The van der Waals surface area contributed by atoms with Gasteiger partial charge >= 0.3 is 5.97 Å². The average molecular weight is 306 g/mol. The SMILES string of the molecule is C=CC(C)CCOC(=O)c1snnc1-c1ccc(F)cc1. The van der Waals surface area contributed by atoms with Crippen molar-refractivity contribution in [2.75, 3.05) is 6.61 Å². The third-order valence-electron chi connectivity index (χ3n) is 3.00. The molecule has 0 radical (unpaired) electrons. The van der Waals surface area contributed by atoms with E-state index in [0.29, 0.717) is 29.2 Å². The quantitative estimate of drug-likeness (QED) is 0.603. The van der Waals surface area contributed by atoms with E-state index in [0.717, 1.165) is 11.5 Å². The summed E-state index contributed by atoms with van der Waals surface area (Å²) in [5, 5.41) is 3.93. The molecule has 0 spiro atoms. The number of carbonyl (C=O) groups is 1. The number of esters is 1. The number of ether oxygens (including phenoxy) is 1. The molecule has 1 aromatic carbocycles. The maximum Gasteiger partial charge on any atom is 0.352 e. The van der Waals surface area contributed by atoms with E-state index in [9.17, 15) is 9.18 Å². The number of hydrogen-bond donors (Lipinski definition) is 0. The van der Waals surface area contributed by atoms with Gasteiger partial charge in [-0.1, -0.05) is 17.5 Å². The summed E-state index contributed by atoms with van der Waals surface area (Å²) in [5.74, 6) is -0.515. The Labute approximate surface area is 126 Å². The van der Waals surface area contributed by atoms with Crippen LogP contribution in [0.25, 0.3) is 11.3 Å². The van der Waals surface area contributed by atoms with Crippen LogP contribution in [0.3, 0.4) is 0 Å². The van der Waals surface area contributed by atoms with Crippen molar-refractivity contribution in [3.63, 3.8) is 0 Å². The second-order valence-corrected chi connectivity index (χ2v) is 5.35. The summed E-state index contributed by atoms with van der Waals surface area (Å²) in [7, 11) is 0. The molecule has 6 heteroatoms. The van der Waals surface area contributed by atoms with Crippen LogP contribution in [0.1, 0.15) is 23.0 Å². The molecule has 0 N–H and O–H groups in total. The zero-order valence-electron chi connectivity index (χ0n) is 11.6. The van der Waals surface area contributed by atoms with Gasteiger partial charge in [-0.25, -0.2) is 9.18 Å². The van der Waals surface area contributed by atoms with E-state index >= 15 is 0 Å². The topological polar surface area (TPSA) is 52.1 Å². The van der Waals surface area contributed by atoms with Crippen molar-refractivity contribution in [2.24, 2.45) is 5.92 Å². The van der Waals surface area contributed by atoms with E-state index < -0.39 is 5.97 Å². The molecular weight excluding hydrogens is 291 g/mol. The van der Waals surface area contributed by atoms with Gasteiger partial charge in [0.05, 0.1) is 6.61 Å².